The number of anilines is 1. The number of hydrogen-bond acceptors (Lipinski definition) is 7. The van der Waals surface area contributed by atoms with Crippen LogP contribution in [0.15, 0.2) is 35.7 Å². The molecule has 1 N–H and O–H groups in total. The lowest BCUT2D eigenvalue weighted by Crippen LogP contribution is -2.07. The third-order valence-corrected chi connectivity index (χ3v) is 5.56. The Labute approximate surface area is 182 Å². The van der Waals surface area contributed by atoms with Crippen molar-refractivity contribution in [2.75, 3.05) is 12.1 Å². The molecular formula is C22H19N3O5S. The van der Waals surface area contributed by atoms with E-state index in [2.05, 4.69) is 22.4 Å². The molecule has 0 aliphatic carbocycles. The van der Waals surface area contributed by atoms with E-state index in [4.69, 9.17) is 9.47 Å². The summed E-state index contributed by atoms with van der Waals surface area (Å²) in [6.45, 7) is 6.13. The van der Waals surface area contributed by atoms with Crippen LogP contribution in [0.5, 0.6) is 11.5 Å². The molecule has 1 aliphatic heterocycles. The third kappa shape index (κ3) is 4.26. The molecular weight excluding hydrogens is 418 g/mol. The number of nitrogens with one attached hydrogen (secondary N) is 1. The van der Waals surface area contributed by atoms with E-state index in [1.807, 2.05) is 26.2 Å². The van der Waals surface area contributed by atoms with Crippen LogP contribution in [0.25, 0.3) is 17.3 Å². The van der Waals surface area contributed by atoms with Gasteiger partial charge < -0.3 is 9.47 Å². The summed E-state index contributed by atoms with van der Waals surface area (Å²) in [6, 6.07) is 6.97. The van der Waals surface area contributed by atoms with Gasteiger partial charge in [0, 0.05) is 17.0 Å². The van der Waals surface area contributed by atoms with Crippen molar-refractivity contribution in [2.24, 2.45) is 0 Å². The number of aromatic nitrogens is 1. The normalized spacial score (nSPS) is 12.4. The Morgan fingerprint density at radius 2 is 1.84 bits per heavy atom. The summed E-state index contributed by atoms with van der Waals surface area (Å²) in [5.74, 6) is 0.273. The number of rotatable bonds is 5. The van der Waals surface area contributed by atoms with Gasteiger partial charge in [-0.25, -0.2) is 4.98 Å². The van der Waals surface area contributed by atoms with Gasteiger partial charge in [0.05, 0.1) is 22.2 Å². The van der Waals surface area contributed by atoms with E-state index in [1.165, 1.54) is 41.2 Å². The van der Waals surface area contributed by atoms with Crippen molar-refractivity contribution >= 4 is 34.1 Å². The average Bonchev–Trinajstić information content (AvgIpc) is 3.33. The van der Waals surface area contributed by atoms with Gasteiger partial charge in [-0.15, -0.1) is 11.3 Å². The second-order valence-electron chi connectivity index (χ2n) is 7.16. The van der Waals surface area contributed by atoms with Crippen molar-refractivity contribution in [2.45, 2.75) is 20.8 Å². The molecule has 0 atom stereocenters. The molecule has 1 aliphatic rings. The van der Waals surface area contributed by atoms with E-state index in [1.54, 1.807) is 0 Å². The van der Waals surface area contributed by atoms with Gasteiger partial charge in [0.2, 0.25) is 12.7 Å². The number of hydrogen-bond donors (Lipinski definition) is 1. The average molecular weight is 437 g/mol. The van der Waals surface area contributed by atoms with Crippen molar-refractivity contribution < 1.29 is 19.2 Å². The lowest BCUT2D eigenvalue weighted by atomic mass is 9.98. The second kappa shape index (κ2) is 8.19. The molecule has 0 unspecified atom stereocenters. The quantitative estimate of drug-likeness (QED) is 0.341. The molecule has 0 fully saturated rings. The Balaban J connectivity index is 1.52. The molecule has 31 heavy (non-hydrogen) atoms. The number of carbonyl (C=O) groups is 1. The van der Waals surface area contributed by atoms with Gasteiger partial charge >= 0.3 is 0 Å². The molecule has 2 heterocycles. The van der Waals surface area contributed by atoms with Crippen LogP contribution in [0.1, 0.15) is 22.3 Å². The first-order valence-corrected chi connectivity index (χ1v) is 10.3. The molecule has 3 aromatic rings. The highest BCUT2D eigenvalue weighted by Crippen LogP contribution is 2.38. The Bertz CT molecular complexity index is 1210. The standard InChI is InChI=1S/C22H19N3O5S/c1-12-6-13(2)21(14(3)7-12)16-10-31-22(23-16)24-20(26)5-4-15-8-18-19(30-11-29-18)9-17(15)25(27)28/h4-10H,11H2,1-3H3,(H,23,24,26)/b5-4+. The van der Waals surface area contributed by atoms with Crippen LogP contribution < -0.4 is 14.8 Å². The number of aryl methyl sites for hydroxylation is 3. The van der Waals surface area contributed by atoms with Crippen molar-refractivity contribution in [1.29, 1.82) is 0 Å². The maximum Gasteiger partial charge on any atom is 0.280 e. The number of amides is 1. The SMILES string of the molecule is Cc1cc(C)c(-c2csc(NC(=O)/C=C/c3cc4c(cc3[N+](=O)[O-])OCO4)n2)c(C)c1. The second-order valence-corrected chi connectivity index (χ2v) is 8.01. The van der Waals surface area contributed by atoms with E-state index in [0.717, 1.165) is 22.4 Å². The lowest BCUT2D eigenvalue weighted by molar-refractivity contribution is -0.385. The summed E-state index contributed by atoms with van der Waals surface area (Å²) < 4.78 is 10.4. The third-order valence-electron chi connectivity index (χ3n) is 4.80. The van der Waals surface area contributed by atoms with Gasteiger partial charge in [-0.3, -0.25) is 20.2 Å². The largest absolute Gasteiger partial charge is 0.454 e. The van der Waals surface area contributed by atoms with E-state index in [0.29, 0.717) is 16.6 Å². The summed E-state index contributed by atoms with van der Waals surface area (Å²) >= 11 is 1.32. The number of fused-ring (bicyclic) bond motifs is 1. The number of nitro groups is 1. The molecule has 1 aromatic heterocycles. The fourth-order valence-electron chi connectivity index (χ4n) is 3.58. The van der Waals surface area contributed by atoms with Gasteiger partial charge in [0.15, 0.2) is 16.6 Å². The van der Waals surface area contributed by atoms with Gasteiger partial charge in [-0.1, -0.05) is 17.7 Å². The minimum absolute atomic E-state index is 0.00640. The number of nitrogens with zero attached hydrogens (tertiary/aromatic N) is 2. The van der Waals surface area contributed by atoms with Crippen LogP contribution in [0.3, 0.4) is 0 Å². The Hall–Kier alpha value is -3.72. The van der Waals surface area contributed by atoms with Gasteiger partial charge in [0.25, 0.3) is 5.69 Å². The molecule has 8 nitrogen and oxygen atoms in total. The van der Waals surface area contributed by atoms with Crippen molar-refractivity contribution in [1.82, 2.24) is 4.98 Å². The Kier molecular flexibility index (Phi) is 5.43. The van der Waals surface area contributed by atoms with Crippen molar-refractivity contribution in [3.63, 3.8) is 0 Å². The monoisotopic (exact) mass is 437 g/mol. The minimum atomic E-state index is -0.529. The highest BCUT2D eigenvalue weighted by Gasteiger charge is 2.22. The molecule has 0 bridgehead atoms. The van der Waals surface area contributed by atoms with Crippen LogP contribution in [-0.4, -0.2) is 22.6 Å². The van der Waals surface area contributed by atoms with Crippen LogP contribution in [0.4, 0.5) is 10.8 Å². The molecule has 0 spiro atoms. The first kappa shape index (κ1) is 20.5. The fraction of sp³-hybridized carbons (Fsp3) is 0.182. The van der Waals surface area contributed by atoms with E-state index >= 15 is 0 Å². The molecule has 0 saturated carbocycles. The number of thiazole rings is 1. The predicted molar refractivity (Wildman–Crippen MR) is 119 cm³/mol. The van der Waals surface area contributed by atoms with Gasteiger partial charge in [0.1, 0.15) is 0 Å². The summed E-state index contributed by atoms with van der Waals surface area (Å²) in [5, 5.41) is 16.4. The molecule has 0 radical (unpaired) electrons. The molecule has 0 saturated heterocycles. The van der Waals surface area contributed by atoms with E-state index in [9.17, 15) is 14.9 Å². The molecule has 158 valence electrons. The summed E-state index contributed by atoms with van der Waals surface area (Å²) in [6.07, 6.45) is 2.60. The topological polar surface area (TPSA) is 104 Å². The summed E-state index contributed by atoms with van der Waals surface area (Å²) in [4.78, 5) is 27.7. The molecule has 1 amide bonds. The number of nitro benzene ring substituents is 1. The van der Waals surface area contributed by atoms with Crippen LogP contribution in [-0.2, 0) is 4.79 Å². The molecule has 4 rings (SSSR count). The van der Waals surface area contributed by atoms with E-state index in [-0.39, 0.29) is 18.0 Å². The maximum atomic E-state index is 12.4. The Morgan fingerprint density at radius 3 is 2.52 bits per heavy atom. The first-order valence-electron chi connectivity index (χ1n) is 9.42. The van der Waals surface area contributed by atoms with Crippen LogP contribution >= 0.6 is 11.3 Å². The number of ether oxygens (including phenoxy) is 2. The highest BCUT2D eigenvalue weighted by molar-refractivity contribution is 7.14. The van der Waals surface area contributed by atoms with Crippen molar-refractivity contribution in [3.05, 3.63) is 68.1 Å². The predicted octanol–water partition coefficient (Wildman–Crippen LogP) is 5.02. The van der Waals surface area contributed by atoms with Gasteiger partial charge in [-0.05, 0) is 44.0 Å². The summed E-state index contributed by atoms with van der Waals surface area (Å²) in [5.41, 5.74) is 5.35. The number of benzene rings is 2. The van der Waals surface area contributed by atoms with Crippen molar-refractivity contribution in [3.8, 4) is 22.8 Å². The first-order chi connectivity index (χ1) is 14.8. The van der Waals surface area contributed by atoms with Gasteiger partial charge in [-0.2, -0.15) is 0 Å². The highest BCUT2D eigenvalue weighted by atomic mass is 32.1. The zero-order chi connectivity index (χ0) is 22.1. The maximum absolute atomic E-state index is 12.4. The number of carbonyl (C=O) groups excluding carboxylic acids is 1. The minimum Gasteiger partial charge on any atom is -0.454 e. The summed E-state index contributed by atoms with van der Waals surface area (Å²) in [7, 11) is 0. The zero-order valence-corrected chi connectivity index (χ0v) is 17.9. The fourth-order valence-corrected chi connectivity index (χ4v) is 4.29. The van der Waals surface area contributed by atoms with E-state index < -0.39 is 10.8 Å². The molecule has 2 aromatic carbocycles. The van der Waals surface area contributed by atoms with Crippen LogP contribution in [0, 0.1) is 30.9 Å². The lowest BCUT2D eigenvalue weighted by Gasteiger charge is -2.08. The van der Waals surface area contributed by atoms with Crippen LogP contribution in [0.2, 0.25) is 0 Å². The molecule has 9 heteroatoms. The smallest absolute Gasteiger partial charge is 0.280 e. The zero-order valence-electron chi connectivity index (χ0n) is 17.1. The Morgan fingerprint density at radius 1 is 1.16 bits per heavy atom.